The molecule has 1 aliphatic rings. The predicted molar refractivity (Wildman–Crippen MR) is 124 cm³/mol. The summed E-state index contributed by atoms with van der Waals surface area (Å²) in [5.74, 6) is 1.38. The summed E-state index contributed by atoms with van der Waals surface area (Å²) in [4.78, 5) is 2.64. The average Bonchev–Trinajstić information content (AvgIpc) is 2.79. The Hall–Kier alpha value is -1.60. The second kappa shape index (κ2) is 16.6. The van der Waals surface area contributed by atoms with Crippen LogP contribution in [-0.4, -0.2) is 24.5 Å². The zero-order valence-electron chi connectivity index (χ0n) is 18.9. The van der Waals surface area contributed by atoms with Crippen molar-refractivity contribution in [2.45, 2.75) is 67.2 Å². The zero-order valence-corrected chi connectivity index (χ0v) is 18.9. The van der Waals surface area contributed by atoms with Gasteiger partial charge in [0.25, 0.3) is 0 Å². The van der Waals surface area contributed by atoms with Crippen LogP contribution < -0.4 is 0 Å². The summed E-state index contributed by atoms with van der Waals surface area (Å²) in [6.45, 7) is 18.0. The molecule has 27 heavy (non-hydrogen) atoms. The van der Waals surface area contributed by atoms with Gasteiger partial charge in [-0.3, -0.25) is 0 Å². The highest BCUT2D eigenvalue weighted by molar-refractivity contribution is 5.32. The molecule has 0 aromatic heterocycles. The molecule has 1 nitrogen and oxygen atoms in total. The van der Waals surface area contributed by atoms with Crippen molar-refractivity contribution in [3.63, 3.8) is 0 Å². The molecular formula is C26H43N. The van der Waals surface area contributed by atoms with Gasteiger partial charge in [-0.15, -0.1) is 0 Å². The van der Waals surface area contributed by atoms with Crippen LogP contribution >= 0.6 is 0 Å². The first-order valence-corrected chi connectivity index (χ1v) is 11.1. The number of hydrogen-bond donors (Lipinski definition) is 0. The van der Waals surface area contributed by atoms with Gasteiger partial charge in [0.1, 0.15) is 0 Å². The van der Waals surface area contributed by atoms with Crippen molar-refractivity contribution >= 4 is 0 Å². The van der Waals surface area contributed by atoms with Crippen molar-refractivity contribution in [2.75, 3.05) is 19.6 Å². The van der Waals surface area contributed by atoms with Gasteiger partial charge in [-0.05, 0) is 43.0 Å². The average molecular weight is 370 g/mol. The Labute approximate surface area is 169 Å². The van der Waals surface area contributed by atoms with E-state index in [1.54, 1.807) is 0 Å². The lowest BCUT2D eigenvalue weighted by atomic mass is 9.89. The molecule has 1 heterocycles. The first kappa shape index (κ1) is 25.4. The molecule has 0 spiro atoms. The highest BCUT2D eigenvalue weighted by Crippen LogP contribution is 2.27. The van der Waals surface area contributed by atoms with E-state index in [9.17, 15) is 0 Å². The van der Waals surface area contributed by atoms with Crippen LogP contribution in [0.4, 0.5) is 0 Å². The minimum Gasteiger partial charge on any atom is -0.302 e. The van der Waals surface area contributed by atoms with Crippen molar-refractivity contribution < 1.29 is 0 Å². The Morgan fingerprint density at radius 2 is 1.07 bits per heavy atom. The Bertz CT molecular complexity index is 487. The summed E-state index contributed by atoms with van der Waals surface area (Å²) >= 11 is 0. The molecule has 0 saturated carbocycles. The highest BCUT2D eigenvalue weighted by Gasteiger charge is 2.21. The fourth-order valence-electron chi connectivity index (χ4n) is 3.28. The molecule has 2 aromatic carbocycles. The topological polar surface area (TPSA) is 3.24 Å². The molecule has 2 aromatic rings. The Morgan fingerprint density at radius 3 is 1.44 bits per heavy atom. The summed E-state index contributed by atoms with van der Waals surface area (Å²) in [6.07, 6.45) is 2.69. The maximum atomic E-state index is 2.64. The van der Waals surface area contributed by atoms with Crippen LogP contribution in [0, 0.1) is 5.92 Å². The molecule has 0 atom stereocenters. The highest BCUT2D eigenvalue weighted by atomic mass is 15.1. The van der Waals surface area contributed by atoms with Gasteiger partial charge in [-0.1, -0.05) is 109 Å². The first-order valence-electron chi connectivity index (χ1n) is 11.1. The Balaban J connectivity index is 0.00000103. The van der Waals surface area contributed by atoms with E-state index in [1.807, 2.05) is 41.5 Å². The van der Waals surface area contributed by atoms with Crippen LogP contribution in [0.3, 0.4) is 0 Å². The molecule has 1 fully saturated rings. The van der Waals surface area contributed by atoms with Crippen molar-refractivity contribution in [1.29, 1.82) is 0 Å². The number of nitrogens with zero attached hydrogens (tertiary/aromatic N) is 1. The number of likely N-dealkylation sites (tertiary alicyclic amines) is 1. The molecule has 1 aliphatic heterocycles. The lowest BCUT2D eigenvalue weighted by molar-refractivity contribution is 0.187. The van der Waals surface area contributed by atoms with E-state index >= 15 is 0 Å². The van der Waals surface area contributed by atoms with Gasteiger partial charge in [-0.25, -0.2) is 0 Å². The summed E-state index contributed by atoms with van der Waals surface area (Å²) in [7, 11) is 0. The number of benzene rings is 2. The van der Waals surface area contributed by atoms with E-state index < -0.39 is 0 Å². The van der Waals surface area contributed by atoms with E-state index in [0.717, 1.165) is 12.5 Å². The van der Waals surface area contributed by atoms with E-state index in [0.29, 0.717) is 5.92 Å². The third-order valence-corrected chi connectivity index (χ3v) is 4.72. The van der Waals surface area contributed by atoms with Gasteiger partial charge < -0.3 is 4.90 Å². The lowest BCUT2D eigenvalue weighted by Gasteiger charge is -2.33. The zero-order chi connectivity index (χ0) is 20.5. The third kappa shape index (κ3) is 9.24. The molecule has 0 amide bonds. The normalized spacial score (nSPS) is 14.1. The summed E-state index contributed by atoms with van der Waals surface area (Å²) in [5.41, 5.74) is 2.87. The number of hydrogen-bond acceptors (Lipinski definition) is 1. The monoisotopic (exact) mass is 369 g/mol. The molecule has 1 saturated heterocycles. The van der Waals surface area contributed by atoms with Crippen LogP contribution in [0.15, 0.2) is 60.7 Å². The number of rotatable bonds is 4. The second-order valence-corrected chi connectivity index (χ2v) is 6.36. The van der Waals surface area contributed by atoms with Gasteiger partial charge in [-0.2, -0.15) is 0 Å². The van der Waals surface area contributed by atoms with Crippen LogP contribution in [0.25, 0.3) is 0 Å². The Kier molecular flexibility index (Phi) is 15.6. The molecule has 3 rings (SSSR count). The van der Waals surface area contributed by atoms with Gasteiger partial charge in [0.15, 0.2) is 0 Å². The van der Waals surface area contributed by atoms with Crippen molar-refractivity contribution in [1.82, 2.24) is 4.90 Å². The standard InChI is InChI=1S/C20H25N.3C2H6/c1-17-12-14-21(15-13-17)16-20(18-8-4-2-5-9-18)19-10-6-3-7-11-19;3*1-2/h2-11,17,20H,12-16H2,1H3;3*1-2H3. The minimum absolute atomic E-state index is 0.487. The van der Waals surface area contributed by atoms with Crippen LogP contribution in [0.1, 0.15) is 78.4 Å². The van der Waals surface area contributed by atoms with Gasteiger partial charge in [0.2, 0.25) is 0 Å². The number of piperidine rings is 1. The molecule has 0 unspecified atom stereocenters. The summed E-state index contributed by atoms with van der Waals surface area (Å²) < 4.78 is 0. The van der Waals surface area contributed by atoms with Crippen molar-refractivity contribution in [3.05, 3.63) is 71.8 Å². The molecule has 152 valence electrons. The fourth-order valence-corrected chi connectivity index (χ4v) is 3.28. The van der Waals surface area contributed by atoms with Crippen LogP contribution in [0.5, 0.6) is 0 Å². The molecule has 0 radical (unpaired) electrons. The lowest BCUT2D eigenvalue weighted by Crippen LogP contribution is -2.36. The maximum Gasteiger partial charge on any atom is 0.0217 e. The first-order chi connectivity index (χ1) is 13.3. The van der Waals surface area contributed by atoms with Crippen molar-refractivity contribution in [3.8, 4) is 0 Å². The molecule has 1 heteroatoms. The van der Waals surface area contributed by atoms with Gasteiger partial charge >= 0.3 is 0 Å². The van der Waals surface area contributed by atoms with Crippen LogP contribution in [-0.2, 0) is 0 Å². The molecule has 0 aliphatic carbocycles. The maximum absolute atomic E-state index is 2.64. The SMILES string of the molecule is CC.CC.CC.CC1CCN(CC(c2ccccc2)c2ccccc2)CC1. The summed E-state index contributed by atoms with van der Waals surface area (Å²) in [6, 6.07) is 21.9. The summed E-state index contributed by atoms with van der Waals surface area (Å²) in [5, 5.41) is 0. The van der Waals surface area contributed by atoms with E-state index in [2.05, 4.69) is 72.5 Å². The van der Waals surface area contributed by atoms with Gasteiger partial charge in [0.05, 0.1) is 0 Å². The second-order valence-electron chi connectivity index (χ2n) is 6.36. The molecular weight excluding hydrogens is 326 g/mol. The minimum atomic E-state index is 0.487. The molecule has 0 bridgehead atoms. The quantitative estimate of drug-likeness (QED) is 0.535. The van der Waals surface area contributed by atoms with E-state index in [-0.39, 0.29) is 0 Å². The largest absolute Gasteiger partial charge is 0.302 e. The molecule has 0 N–H and O–H groups in total. The van der Waals surface area contributed by atoms with Crippen molar-refractivity contribution in [2.24, 2.45) is 5.92 Å². The van der Waals surface area contributed by atoms with E-state index in [4.69, 9.17) is 0 Å². The van der Waals surface area contributed by atoms with E-state index in [1.165, 1.54) is 37.1 Å². The predicted octanol–water partition coefficient (Wildman–Crippen LogP) is 7.63. The smallest absolute Gasteiger partial charge is 0.0217 e. The fraction of sp³-hybridized carbons (Fsp3) is 0.538. The van der Waals surface area contributed by atoms with Gasteiger partial charge in [0, 0.05) is 12.5 Å². The van der Waals surface area contributed by atoms with Crippen LogP contribution in [0.2, 0.25) is 0 Å². The third-order valence-electron chi connectivity index (χ3n) is 4.72. The Morgan fingerprint density at radius 1 is 0.704 bits per heavy atom.